The lowest BCUT2D eigenvalue weighted by Gasteiger charge is -2.49. The number of rotatable bonds is 14. The van der Waals surface area contributed by atoms with Gasteiger partial charge in [-0.25, -0.2) is 24.3 Å². The van der Waals surface area contributed by atoms with Crippen LogP contribution in [0.1, 0.15) is 67.2 Å². The van der Waals surface area contributed by atoms with Gasteiger partial charge in [-0.1, -0.05) is 58.5 Å². The van der Waals surface area contributed by atoms with Crippen molar-refractivity contribution in [3.63, 3.8) is 0 Å². The van der Waals surface area contributed by atoms with Crippen LogP contribution in [0.3, 0.4) is 0 Å². The van der Waals surface area contributed by atoms with Crippen LogP contribution in [0, 0.1) is 43.4 Å². The zero-order chi connectivity index (χ0) is 45.8. The molecule has 8 heterocycles. The van der Waals surface area contributed by atoms with Gasteiger partial charge < -0.3 is 29.8 Å². The van der Waals surface area contributed by atoms with E-state index >= 15 is 0 Å². The van der Waals surface area contributed by atoms with Gasteiger partial charge in [0.05, 0.1) is 48.3 Å². The number of aromatic nitrogens is 8. The molecule has 5 atom stereocenters. The number of piperidine rings is 2. The van der Waals surface area contributed by atoms with Crippen molar-refractivity contribution in [3.05, 3.63) is 91.4 Å². The number of β-amino-alcohol motifs (C(OH)–C–C–N with tert-alkyl or cyclic N) is 2. The van der Waals surface area contributed by atoms with Gasteiger partial charge in [0.1, 0.15) is 11.3 Å². The summed E-state index contributed by atoms with van der Waals surface area (Å²) >= 11 is 26.5. The van der Waals surface area contributed by atoms with Gasteiger partial charge in [-0.15, -0.1) is 0 Å². The van der Waals surface area contributed by atoms with Crippen LogP contribution < -0.4 is 9.80 Å². The molecular formula is C48H58Cl4N12O2. The lowest BCUT2D eigenvalue weighted by molar-refractivity contribution is 0.0603. The molecule has 350 valence electrons. The van der Waals surface area contributed by atoms with Crippen LogP contribution >= 0.6 is 46.4 Å². The second kappa shape index (κ2) is 19.3. The fourth-order valence-electron chi connectivity index (χ4n) is 11.3. The lowest BCUT2D eigenvalue weighted by atomic mass is 9.75. The summed E-state index contributed by atoms with van der Waals surface area (Å²) < 4.78 is 4.00. The molecule has 0 saturated carbocycles. The predicted molar refractivity (Wildman–Crippen MR) is 262 cm³/mol. The normalized spacial score (nSPS) is 22.3. The van der Waals surface area contributed by atoms with E-state index in [1.54, 1.807) is 6.07 Å². The van der Waals surface area contributed by atoms with Crippen LogP contribution in [-0.4, -0.2) is 138 Å². The molecule has 0 radical (unpaired) electrons. The maximum atomic E-state index is 10.2. The number of likely N-dealkylation sites (tertiary alicyclic amines) is 2. The fourth-order valence-corrected chi connectivity index (χ4v) is 12.4. The number of anilines is 2. The monoisotopic (exact) mass is 974 g/mol. The number of hydrogen-bond donors (Lipinski definition) is 2. The summed E-state index contributed by atoms with van der Waals surface area (Å²) in [4.78, 5) is 29.6. The summed E-state index contributed by atoms with van der Waals surface area (Å²) in [5.41, 5.74) is 5.87. The van der Waals surface area contributed by atoms with E-state index in [0.717, 1.165) is 128 Å². The molecule has 4 saturated heterocycles. The third-order valence-corrected chi connectivity index (χ3v) is 16.0. The van der Waals surface area contributed by atoms with Gasteiger partial charge in [0.25, 0.3) is 0 Å². The molecule has 0 aliphatic carbocycles. The Morgan fingerprint density at radius 1 is 0.682 bits per heavy atom. The van der Waals surface area contributed by atoms with E-state index in [-0.39, 0.29) is 31.2 Å². The van der Waals surface area contributed by atoms with Crippen molar-refractivity contribution in [3.8, 4) is 0 Å². The van der Waals surface area contributed by atoms with Crippen LogP contribution in [0.25, 0.3) is 22.2 Å². The zero-order valence-corrected chi connectivity index (χ0v) is 40.8. The molecular weight excluding hydrogens is 918 g/mol. The van der Waals surface area contributed by atoms with E-state index in [1.807, 2.05) is 61.3 Å². The van der Waals surface area contributed by atoms with Crippen LogP contribution in [-0.2, 0) is 0 Å². The Hall–Kier alpha value is -3.86. The molecule has 2 aromatic carbocycles. The summed E-state index contributed by atoms with van der Waals surface area (Å²) in [7, 11) is 0. The van der Waals surface area contributed by atoms with Gasteiger partial charge >= 0.3 is 0 Å². The Morgan fingerprint density at radius 3 is 2.08 bits per heavy atom. The highest BCUT2D eigenvalue weighted by Gasteiger charge is 2.41. The smallest absolute Gasteiger partial charge is 0.227 e. The van der Waals surface area contributed by atoms with E-state index in [9.17, 15) is 10.2 Å². The van der Waals surface area contributed by atoms with Crippen molar-refractivity contribution in [1.82, 2.24) is 49.3 Å². The number of aliphatic hydroxyl groups excluding tert-OH is 2. The fraction of sp³-hybridized carbons (Fsp3) is 0.542. The number of hydrogen-bond acceptors (Lipinski definition) is 12. The first-order valence-corrected chi connectivity index (χ1v) is 25.0. The van der Waals surface area contributed by atoms with Gasteiger partial charge in [-0.3, -0.25) is 0 Å². The Kier molecular flexibility index (Phi) is 13.4. The minimum absolute atomic E-state index is 0.104. The number of aryl methyl sites for hydroxylation is 2. The molecule has 4 aliphatic heterocycles. The van der Waals surface area contributed by atoms with E-state index in [1.165, 1.54) is 12.8 Å². The second-order valence-electron chi connectivity index (χ2n) is 19.2. The third kappa shape index (κ3) is 9.09. The molecule has 0 spiro atoms. The average Bonchev–Trinajstić information content (AvgIpc) is 3.77. The van der Waals surface area contributed by atoms with Crippen LogP contribution in [0.5, 0.6) is 0 Å². The number of benzene rings is 2. The molecule has 4 fully saturated rings. The Labute approximate surface area is 405 Å². The van der Waals surface area contributed by atoms with Gasteiger partial charge in [-0.2, -0.15) is 15.2 Å². The van der Waals surface area contributed by atoms with Gasteiger partial charge in [0.2, 0.25) is 5.95 Å². The summed E-state index contributed by atoms with van der Waals surface area (Å²) in [6.07, 6.45) is 8.02. The minimum atomic E-state index is -0.212. The van der Waals surface area contributed by atoms with Crippen molar-refractivity contribution in [2.24, 2.45) is 29.6 Å². The SMILES string of the molecule is Cc1nn(C(CC2CC(C3CN(c4cnc5c(C)nn(C(C)c6ccc(Cl)cc6Cl)c5n4)C3)CN(CCO)C2)c2ccc(Cl)cc2Cl)c2nc(N3CC(C4CCCN(CCO)C4)C3)ncc12. The van der Waals surface area contributed by atoms with E-state index in [4.69, 9.17) is 76.5 Å². The molecule has 5 unspecified atom stereocenters. The summed E-state index contributed by atoms with van der Waals surface area (Å²) in [6, 6.07) is 10.9. The molecule has 0 bridgehead atoms. The largest absolute Gasteiger partial charge is 0.395 e. The molecule has 10 rings (SSSR count). The second-order valence-corrected chi connectivity index (χ2v) is 20.9. The Balaban J connectivity index is 0.880. The first-order valence-electron chi connectivity index (χ1n) is 23.4. The molecule has 0 amide bonds. The molecule has 4 aromatic heterocycles. The first kappa shape index (κ1) is 45.9. The third-order valence-electron chi connectivity index (χ3n) is 14.9. The molecule has 14 nitrogen and oxygen atoms in total. The van der Waals surface area contributed by atoms with Gasteiger partial charge in [0.15, 0.2) is 11.3 Å². The molecule has 2 N–H and O–H groups in total. The molecule has 6 aromatic rings. The first-order chi connectivity index (χ1) is 31.9. The van der Waals surface area contributed by atoms with E-state index in [0.29, 0.717) is 50.3 Å². The van der Waals surface area contributed by atoms with Gasteiger partial charge in [0, 0.05) is 85.2 Å². The maximum absolute atomic E-state index is 10.2. The number of fused-ring (bicyclic) bond motifs is 2. The highest BCUT2D eigenvalue weighted by molar-refractivity contribution is 6.35. The highest BCUT2D eigenvalue weighted by atomic mass is 35.5. The van der Waals surface area contributed by atoms with Crippen molar-refractivity contribution in [2.45, 2.75) is 58.5 Å². The van der Waals surface area contributed by atoms with E-state index in [2.05, 4.69) is 31.2 Å². The van der Waals surface area contributed by atoms with Crippen LogP contribution in [0.2, 0.25) is 20.1 Å². The minimum Gasteiger partial charge on any atom is -0.395 e. The number of nitrogens with zero attached hydrogens (tertiary/aromatic N) is 12. The highest BCUT2D eigenvalue weighted by Crippen LogP contribution is 2.42. The number of aliphatic hydroxyl groups is 2. The van der Waals surface area contributed by atoms with Crippen LogP contribution in [0.4, 0.5) is 11.8 Å². The van der Waals surface area contributed by atoms with Crippen LogP contribution in [0.15, 0.2) is 48.8 Å². The molecule has 4 aliphatic rings. The van der Waals surface area contributed by atoms with Crippen molar-refractivity contribution < 1.29 is 10.2 Å². The Morgan fingerprint density at radius 2 is 1.35 bits per heavy atom. The van der Waals surface area contributed by atoms with Crippen molar-refractivity contribution in [2.75, 3.05) is 88.5 Å². The lowest BCUT2D eigenvalue weighted by Crippen LogP contribution is -2.55. The van der Waals surface area contributed by atoms with E-state index < -0.39 is 0 Å². The quantitative estimate of drug-likeness (QED) is 0.109. The van der Waals surface area contributed by atoms with Crippen molar-refractivity contribution >= 4 is 80.4 Å². The maximum Gasteiger partial charge on any atom is 0.227 e. The topological polar surface area (TPSA) is 141 Å². The molecule has 18 heteroatoms. The average molecular weight is 977 g/mol. The van der Waals surface area contributed by atoms with Crippen molar-refractivity contribution in [1.29, 1.82) is 0 Å². The van der Waals surface area contributed by atoms with Gasteiger partial charge in [-0.05, 0) is 118 Å². The Bertz CT molecular complexity index is 2700. The summed E-state index contributed by atoms with van der Waals surface area (Å²) in [6.45, 7) is 15.2. The molecule has 66 heavy (non-hydrogen) atoms. The number of halogens is 4. The predicted octanol–water partition coefficient (Wildman–Crippen LogP) is 7.99. The summed E-state index contributed by atoms with van der Waals surface area (Å²) in [5, 5.41) is 33.1. The summed E-state index contributed by atoms with van der Waals surface area (Å²) in [5.74, 6) is 3.91. The zero-order valence-electron chi connectivity index (χ0n) is 37.7. The standard InChI is InChI=1S/C48H58Cl4N12O2/c1-28-40-19-54-48(62-26-34(27-62)32-5-4-10-59(22-32)11-13-65)56-46(40)64(57-28)43(39-9-7-37(50)18-42(39)52)16-31-15-33(23-60(21-31)12-14-66)35-24-61(25-35)44-20-53-45-29(2)58-63(47(45)55-44)30(3)38-8-6-36(49)17-41(38)51/h6-9,17-20,30-35,43,65-66H,4-5,10-16,21-27H2,1-3H3.